The molecule has 0 atom stereocenters. The molecule has 0 bridgehead atoms. The van der Waals surface area contributed by atoms with Crippen LogP contribution < -0.4 is 10.5 Å². The van der Waals surface area contributed by atoms with Crippen LogP contribution in [0.1, 0.15) is 5.56 Å². The summed E-state index contributed by atoms with van der Waals surface area (Å²) in [6.07, 6.45) is 3.55. The lowest BCUT2D eigenvalue weighted by atomic mass is 10.2. The van der Waals surface area contributed by atoms with Gasteiger partial charge in [0.05, 0.1) is 13.7 Å². The van der Waals surface area contributed by atoms with Crippen LogP contribution in [-0.4, -0.2) is 16.7 Å². The summed E-state index contributed by atoms with van der Waals surface area (Å²) in [5.41, 5.74) is 6.84. The average Bonchev–Trinajstić information content (AvgIpc) is 2.66. The minimum absolute atomic E-state index is 0.533. The van der Waals surface area contributed by atoms with E-state index < -0.39 is 0 Å². The third kappa shape index (κ3) is 2.10. The van der Waals surface area contributed by atoms with Crippen molar-refractivity contribution in [3.8, 4) is 5.75 Å². The highest BCUT2D eigenvalue weighted by Crippen LogP contribution is 2.13. The molecule has 4 nitrogen and oxygen atoms in total. The third-order valence-electron chi connectivity index (χ3n) is 2.26. The maximum atomic E-state index is 5.67. The molecule has 0 aliphatic rings. The van der Waals surface area contributed by atoms with Crippen molar-refractivity contribution in [2.45, 2.75) is 6.54 Å². The van der Waals surface area contributed by atoms with E-state index in [4.69, 9.17) is 10.5 Å². The molecule has 0 radical (unpaired) electrons. The largest absolute Gasteiger partial charge is 0.497 e. The molecular weight excluding hydrogens is 190 g/mol. The first-order valence-corrected chi connectivity index (χ1v) is 4.69. The van der Waals surface area contributed by atoms with Gasteiger partial charge in [0, 0.05) is 12.4 Å². The van der Waals surface area contributed by atoms with E-state index in [0.717, 1.165) is 12.3 Å². The monoisotopic (exact) mass is 203 g/mol. The molecule has 1 heterocycles. The molecule has 2 N–H and O–H groups in total. The van der Waals surface area contributed by atoms with Crippen LogP contribution in [0.3, 0.4) is 0 Å². The molecule has 1 aromatic heterocycles. The van der Waals surface area contributed by atoms with Gasteiger partial charge in [0.1, 0.15) is 5.75 Å². The van der Waals surface area contributed by atoms with Gasteiger partial charge in [0.25, 0.3) is 0 Å². The summed E-state index contributed by atoms with van der Waals surface area (Å²) < 4.78 is 6.97. The highest BCUT2D eigenvalue weighted by Gasteiger charge is 1.99. The Kier molecular flexibility index (Phi) is 2.58. The SMILES string of the molecule is COc1ccc(Cn2ccnc2N)cc1. The van der Waals surface area contributed by atoms with Crippen molar-refractivity contribution in [2.24, 2.45) is 0 Å². The second-order valence-electron chi connectivity index (χ2n) is 3.26. The van der Waals surface area contributed by atoms with Crippen molar-refractivity contribution in [1.82, 2.24) is 9.55 Å². The summed E-state index contributed by atoms with van der Waals surface area (Å²) in [4.78, 5) is 3.96. The second-order valence-corrected chi connectivity index (χ2v) is 3.26. The smallest absolute Gasteiger partial charge is 0.200 e. The zero-order chi connectivity index (χ0) is 10.7. The number of methoxy groups -OCH3 is 1. The Morgan fingerprint density at radius 1 is 1.33 bits per heavy atom. The molecule has 0 aliphatic carbocycles. The fourth-order valence-corrected chi connectivity index (χ4v) is 1.40. The fourth-order valence-electron chi connectivity index (χ4n) is 1.40. The molecule has 0 amide bonds. The van der Waals surface area contributed by atoms with Crippen LogP contribution in [0.2, 0.25) is 0 Å². The van der Waals surface area contributed by atoms with E-state index in [9.17, 15) is 0 Å². The molecule has 0 aliphatic heterocycles. The second kappa shape index (κ2) is 4.04. The van der Waals surface area contributed by atoms with Gasteiger partial charge in [-0.3, -0.25) is 0 Å². The number of anilines is 1. The van der Waals surface area contributed by atoms with E-state index in [1.54, 1.807) is 13.3 Å². The Balaban J connectivity index is 2.14. The lowest BCUT2D eigenvalue weighted by Gasteiger charge is -2.05. The molecule has 0 spiro atoms. The maximum Gasteiger partial charge on any atom is 0.200 e. The number of benzene rings is 1. The highest BCUT2D eigenvalue weighted by molar-refractivity contribution is 5.28. The number of nitrogens with zero attached hydrogens (tertiary/aromatic N) is 2. The summed E-state index contributed by atoms with van der Waals surface area (Å²) in [7, 11) is 1.66. The van der Waals surface area contributed by atoms with Gasteiger partial charge in [-0.05, 0) is 17.7 Å². The van der Waals surface area contributed by atoms with Crippen LogP contribution in [0, 0.1) is 0 Å². The van der Waals surface area contributed by atoms with Gasteiger partial charge < -0.3 is 15.0 Å². The highest BCUT2D eigenvalue weighted by atomic mass is 16.5. The van der Waals surface area contributed by atoms with E-state index in [1.807, 2.05) is 35.0 Å². The maximum absolute atomic E-state index is 5.67. The van der Waals surface area contributed by atoms with Crippen LogP contribution in [0.15, 0.2) is 36.7 Å². The van der Waals surface area contributed by atoms with Gasteiger partial charge in [-0.25, -0.2) is 4.98 Å². The Morgan fingerprint density at radius 2 is 2.07 bits per heavy atom. The van der Waals surface area contributed by atoms with Crippen LogP contribution >= 0.6 is 0 Å². The van der Waals surface area contributed by atoms with E-state index in [2.05, 4.69) is 4.98 Å². The minimum atomic E-state index is 0.533. The van der Waals surface area contributed by atoms with Crippen molar-refractivity contribution in [2.75, 3.05) is 12.8 Å². The Morgan fingerprint density at radius 3 is 2.60 bits per heavy atom. The van der Waals surface area contributed by atoms with Crippen molar-refractivity contribution in [1.29, 1.82) is 0 Å². The summed E-state index contributed by atoms with van der Waals surface area (Å²) in [6, 6.07) is 7.89. The Labute approximate surface area is 88.3 Å². The zero-order valence-electron chi connectivity index (χ0n) is 8.55. The molecule has 0 saturated carbocycles. The Hall–Kier alpha value is -1.97. The fraction of sp³-hybridized carbons (Fsp3) is 0.182. The molecule has 1 aromatic carbocycles. The standard InChI is InChI=1S/C11H13N3O/c1-15-10-4-2-9(3-5-10)8-14-7-6-13-11(14)12/h2-7H,8H2,1H3,(H2,12,13). The van der Waals surface area contributed by atoms with Crippen molar-refractivity contribution < 1.29 is 4.74 Å². The van der Waals surface area contributed by atoms with Crippen molar-refractivity contribution >= 4 is 5.95 Å². The van der Waals surface area contributed by atoms with Crippen LogP contribution in [0.25, 0.3) is 0 Å². The molecule has 2 aromatic rings. The average molecular weight is 203 g/mol. The number of nitrogen functional groups attached to an aromatic ring is 1. The summed E-state index contributed by atoms with van der Waals surface area (Å²) in [6.45, 7) is 0.732. The van der Waals surface area contributed by atoms with Gasteiger partial charge in [0.2, 0.25) is 0 Å². The summed E-state index contributed by atoms with van der Waals surface area (Å²) in [5, 5.41) is 0. The van der Waals surface area contributed by atoms with Crippen LogP contribution in [-0.2, 0) is 6.54 Å². The number of imidazole rings is 1. The number of nitrogens with two attached hydrogens (primary N) is 1. The van der Waals surface area contributed by atoms with Gasteiger partial charge >= 0.3 is 0 Å². The number of ether oxygens (including phenoxy) is 1. The topological polar surface area (TPSA) is 53.1 Å². The van der Waals surface area contributed by atoms with Gasteiger partial charge in [-0.1, -0.05) is 12.1 Å². The molecule has 0 saturated heterocycles. The molecule has 2 rings (SSSR count). The lowest BCUT2D eigenvalue weighted by molar-refractivity contribution is 0.414. The third-order valence-corrected chi connectivity index (χ3v) is 2.26. The van der Waals surface area contributed by atoms with Gasteiger partial charge in [-0.2, -0.15) is 0 Å². The molecular formula is C11H13N3O. The van der Waals surface area contributed by atoms with E-state index in [-0.39, 0.29) is 0 Å². The Bertz CT molecular complexity index is 433. The molecule has 78 valence electrons. The van der Waals surface area contributed by atoms with Crippen LogP contribution in [0.4, 0.5) is 5.95 Å². The number of rotatable bonds is 3. The van der Waals surface area contributed by atoms with Gasteiger partial charge in [-0.15, -0.1) is 0 Å². The number of aromatic nitrogens is 2. The van der Waals surface area contributed by atoms with Gasteiger partial charge in [0.15, 0.2) is 5.95 Å². The van der Waals surface area contributed by atoms with Crippen molar-refractivity contribution in [3.63, 3.8) is 0 Å². The number of hydrogen-bond donors (Lipinski definition) is 1. The molecule has 0 fully saturated rings. The predicted molar refractivity (Wildman–Crippen MR) is 58.7 cm³/mol. The number of hydrogen-bond acceptors (Lipinski definition) is 3. The molecule has 4 heteroatoms. The quantitative estimate of drug-likeness (QED) is 0.822. The van der Waals surface area contributed by atoms with Crippen molar-refractivity contribution in [3.05, 3.63) is 42.2 Å². The summed E-state index contributed by atoms with van der Waals surface area (Å²) in [5.74, 6) is 1.39. The van der Waals surface area contributed by atoms with E-state index in [1.165, 1.54) is 5.56 Å². The minimum Gasteiger partial charge on any atom is -0.497 e. The first kappa shape index (κ1) is 9.58. The first-order chi connectivity index (χ1) is 7.29. The molecule has 15 heavy (non-hydrogen) atoms. The van der Waals surface area contributed by atoms with E-state index >= 15 is 0 Å². The van der Waals surface area contributed by atoms with Crippen LogP contribution in [0.5, 0.6) is 5.75 Å². The normalized spacial score (nSPS) is 10.2. The van der Waals surface area contributed by atoms with E-state index in [0.29, 0.717) is 5.95 Å². The summed E-state index contributed by atoms with van der Waals surface area (Å²) >= 11 is 0. The molecule has 0 unspecified atom stereocenters. The zero-order valence-corrected chi connectivity index (χ0v) is 8.55. The predicted octanol–water partition coefficient (Wildman–Crippen LogP) is 1.52. The first-order valence-electron chi connectivity index (χ1n) is 4.69. The lowest BCUT2D eigenvalue weighted by Crippen LogP contribution is -2.03.